The minimum absolute atomic E-state index is 0.124. The maximum Gasteiger partial charge on any atom is 0.339 e. The van der Waals surface area contributed by atoms with Crippen LogP contribution >= 0.6 is 11.6 Å². The molecule has 212 valence electrons. The van der Waals surface area contributed by atoms with Crippen LogP contribution in [-0.2, 0) is 14.3 Å². The molecule has 3 aromatic carbocycles. The van der Waals surface area contributed by atoms with E-state index >= 15 is 0 Å². The zero-order chi connectivity index (χ0) is 29.5. The van der Waals surface area contributed by atoms with Crippen LogP contribution in [-0.4, -0.2) is 34.7 Å². The van der Waals surface area contributed by atoms with E-state index in [2.05, 4.69) is 6.92 Å². The Kier molecular flexibility index (Phi) is 7.37. The van der Waals surface area contributed by atoms with Crippen LogP contribution in [0.1, 0.15) is 53.8 Å². The molecule has 2 heterocycles. The number of carbonyl (C=O) groups is 4. The van der Waals surface area contributed by atoms with E-state index in [1.165, 1.54) is 11.8 Å². The van der Waals surface area contributed by atoms with Gasteiger partial charge in [-0.05, 0) is 80.6 Å². The normalized spacial score (nSPS) is 20.8. The molecule has 0 spiro atoms. The molecule has 8 heteroatoms. The summed E-state index contributed by atoms with van der Waals surface area (Å²) in [6.45, 7) is 3.67. The Morgan fingerprint density at radius 2 is 1.62 bits per heavy atom. The number of fused-ring (bicyclic) bond motifs is 2. The fraction of sp³-hybridized carbons (Fsp3) is 0.265. The lowest BCUT2D eigenvalue weighted by Crippen LogP contribution is -2.30. The van der Waals surface area contributed by atoms with Crippen molar-refractivity contribution in [2.75, 3.05) is 4.90 Å². The van der Waals surface area contributed by atoms with Gasteiger partial charge in [-0.15, -0.1) is 0 Å². The molecule has 2 aliphatic rings. The first-order valence-corrected chi connectivity index (χ1v) is 14.5. The van der Waals surface area contributed by atoms with Crippen LogP contribution in [0.3, 0.4) is 0 Å². The van der Waals surface area contributed by atoms with Crippen LogP contribution in [0.15, 0.2) is 78.9 Å². The average Bonchev–Trinajstić information content (AvgIpc) is 3.24. The summed E-state index contributed by atoms with van der Waals surface area (Å²) in [5, 5.41) is 1.10. The van der Waals surface area contributed by atoms with Gasteiger partial charge in [-0.3, -0.25) is 19.3 Å². The van der Waals surface area contributed by atoms with Crippen molar-refractivity contribution in [2.24, 2.45) is 17.8 Å². The minimum atomic E-state index is -1.02. The Morgan fingerprint density at radius 3 is 2.36 bits per heavy atom. The number of hydrogen-bond donors (Lipinski definition) is 0. The molecule has 1 aliphatic heterocycles. The van der Waals surface area contributed by atoms with Gasteiger partial charge in [0.25, 0.3) is 0 Å². The highest BCUT2D eigenvalue weighted by Gasteiger charge is 2.49. The third-order valence-electron chi connectivity index (χ3n) is 8.33. The van der Waals surface area contributed by atoms with Crippen LogP contribution < -0.4 is 4.90 Å². The smallest absolute Gasteiger partial charge is 0.339 e. The molecule has 4 aromatic rings. The monoisotopic (exact) mass is 580 g/mol. The molecule has 1 saturated heterocycles. The molecule has 7 nitrogen and oxygen atoms in total. The highest BCUT2D eigenvalue weighted by Crippen LogP contribution is 2.42. The van der Waals surface area contributed by atoms with Crippen molar-refractivity contribution in [3.63, 3.8) is 0 Å². The number of esters is 1. The molecule has 4 atom stereocenters. The number of ketones is 1. The number of pyridine rings is 1. The molecular formula is C34H29ClN2O5. The lowest BCUT2D eigenvalue weighted by Gasteiger charge is -2.25. The van der Waals surface area contributed by atoms with Gasteiger partial charge in [-0.25, -0.2) is 9.78 Å². The predicted molar refractivity (Wildman–Crippen MR) is 160 cm³/mol. The van der Waals surface area contributed by atoms with Gasteiger partial charge in [0.2, 0.25) is 17.6 Å². The average molecular weight is 581 g/mol. The molecule has 0 N–H and O–H groups in total. The minimum Gasteiger partial charge on any atom is -0.451 e. The van der Waals surface area contributed by atoms with Crippen LogP contribution in [0.4, 0.5) is 5.69 Å². The van der Waals surface area contributed by atoms with Crippen molar-refractivity contribution in [1.29, 1.82) is 0 Å². The van der Waals surface area contributed by atoms with Crippen molar-refractivity contribution in [2.45, 2.75) is 39.2 Å². The summed E-state index contributed by atoms with van der Waals surface area (Å²) < 4.78 is 5.62. The van der Waals surface area contributed by atoms with Crippen molar-refractivity contribution in [3.8, 4) is 11.3 Å². The fourth-order valence-electron chi connectivity index (χ4n) is 6.04. The first-order chi connectivity index (χ1) is 20.2. The number of para-hydroxylation sites is 1. The van der Waals surface area contributed by atoms with E-state index in [-0.39, 0.29) is 35.0 Å². The Hall–Kier alpha value is -4.36. The third-order valence-corrected chi connectivity index (χ3v) is 8.58. The summed E-state index contributed by atoms with van der Waals surface area (Å²) in [4.78, 5) is 58.6. The molecule has 6 rings (SSSR count). The van der Waals surface area contributed by atoms with E-state index in [0.717, 1.165) is 19.3 Å². The lowest BCUT2D eigenvalue weighted by molar-refractivity contribution is -0.122. The second-order valence-electron chi connectivity index (χ2n) is 11.2. The molecular weight excluding hydrogens is 552 g/mol. The van der Waals surface area contributed by atoms with Crippen LogP contribution in [0.2, 0.25) is 5.02 Å². The molecule has 42 heavy (non-hydrogen) atoms. The number of imide groups is 1. The molecule has 2 fully saturated rings. The van der Waals surface area contributed by atoms with E-state index < -0.39 is 12.1 Å². The molecule has 2 amide bonds. The maximum atomic E-state index is 13.4. The number of rotatable bonds is 6. The predicted octanol–water partition coefficient (Wildman–Crippen LogP) is 6.91. The van der Waals surface area contributed by atoms with Gasteiger partial charge in [-0.2, -0.15) is 0 Å². The summed E-state index contributed by atoms with van der Waals surface area (Å²) in [6.07, 6.45) is 1.43. The lowest BCUT2D eigenvalue weighted by atomic mass is 9.76. The summed E-state index contributed by atoms with van der Waals surface area (Å²) in [7, 11) is 0. The standard InChI is InChI=1S/C34H29ClN2O5/c1-19-7-16-26-27(17-19)33(40)37(32(26)39)24-14-10-21(11-15-24)30-18-28(25-5-3-4-6-29(25)36-30)34(41)42-20(2)31(38)22-8-12-23(35)13-9-22/h3-6,8-15,18-20,26-27H,7,16-17H2,1-2H3. The van der Waals surface area contributed by atoms with Crippen LogP contribution in [0.5, 0.6) is 0 Å². The number of ether oxygens (including phenoxy) is 1. The largest absolute Gasteiger partial charge is 0.451 e. The second kappa shape index (κ2) is 11.1. The number of aromatic nitrogens is 1. The summed E-state index contributed by atoms with van der Waals surface area (Å²) >= 11 is 5.93. The van der Waals surface area contributed by atoms with Gasteiger partial charge in [-0.1, -0.05) is 48.9 Å². The van der Waals surface area contributed by atoms with Gasteiger partial charge in [0, 0.05) is 21.5 Å². The number of hydrogen-bond acceptors (Lipinski definition) is 6. The van der Waals surface area contributed by atoms with E-state index in [4.69, 9.17) is 21.3 Å². The Morgan fingerprint density at radius 1 is 0.929 bits per heavy atom. The Labute approximate surface area is 248 Å². The molecule has 0 bridgehead atoms. The van der Waals surface area contributed by atoms with Gasteiger partial charge in [0.1, 0.15) is 0 Å². The van der Waals surface area contributed by atoms with Crippen molar-refractivity contribution in [1.82, 2.24) is 4.98 Å². The van der Waals surface area contributed by atoms with E-state index in [0.29, 0.717) is 44.4 Å². The summed E-state index contributed by atoms with van der Waals surface area (Å²) in [5.74, 6) is -1.28. The van der Waals surface area contributed by atoms with Gasteiger partial charge >= 0.3 is 5.97 Å². The van der Waals surface area contributed by atoms with Gasteiger partial charge in [0.05, 0.1) is 34.3 Å². The fourth-order valence-corrected chi connectivity index (χ4v) is 6.17. The topological polar surface area (TPSA) is 93.6 Å². The Bertz CT molecular complexity index is 1720. The van der Waals surface area contributed by atoms with Gasteiger partial charge < -0.3 is 4.74 Å². The molecule has 1 aromatic heterocycles. The number of amides is 2. The number of nitrogens with zero attached hydrogens (tertiary/aromatic N) is 2. The number of benzene rings is 3. The summed E-state index contributed by atoms with van der Waals surface area (Å²) in [5.41, 5.74) is 3.01. The third kappa shape index (κ3) is 5.09. The second-order valence-corrected chi connectivity index (χ2v) is 11.6. The molecule has 0 radical (unpaired) electrons. The number of Topliss-reactive ketones (excluding diaryl/α,β-unsaturated/α-hetero) is 1. The number of carbonyl (C=O) groups excluding carboxylic acids is 4. The quantitative estimate of drug-likeness (QED) is 0.140. The first kappa shape index (κ1) is 27.8. The maximum absolute atomic E-state index is 13.4. The van der Waals surface area contributed by atoms with Crippen molar-refractivity contribution in [3.05, 3.63) is 95.0 Å². The SMILES string of the molecule is CC1CCC2C(=O)N(c3ccc(-c4cc(C(=O)OC(C)C(=O)c5ccc(Cl)cc5)c5ccccc5n4)cc3)C(=O)C2C1. The molecule has 1 aliphatic carbocycles. The number of halogens is 1. The van der Waals surface area contributed by atoms with E-state index in [1.807, 2.05) is 6.07 Å². The van der Waals surface area contributed by atoms with Crippen molar-refractivity contribution < 1.29 is 23.9 Å². The molecule has 4 unspecified atom stereocenters. The highest BCUT2D eigenvalue weighted by molar-refractivity contribution is 6.30. The Balaban J connectivity index is 1.27. The highest BCUT2D eigenvalue weighted by atomic mass is 35.5. The van der Waals surface area contributed by atoms with Crippen LogP contribution in [0.25, 0.3) is 22.2 Å². The zero-order valence-corrected chi connectivity index (χ0v) is 24.0. The van der Waals surface area contributed by atoms with Crippen LogP contribution in [0, 0.1) is 17.8 Å². The van der Waals surface area contributed by atoms with E-state index in [9.17, 15) is 19.2 Å². The summed E-state index contributed by atoms with van der Waals surface area (Å²) in [6, 6.07) is 22.3. The van der Waals surface area contributed by atoms with E-state index in [1.54, 1.807) is 72.8 Å². The molecule has 1 saturated carbocycles. The zero-order valence-electron chi connectivity index (χ0n) is 23.2. The number of anilines is 1. The van der Waals surface area contributed by atoms with Crippen molar-refractivity contribution >= 4 is 51.8 Å². The first-order valence-electron chi connectivity index (χ1n) is 14.1. The van der Waals surface area contributed by atoms with Gasteiger partial charge in [0.15, 0.2) is 6.10 Å².